The molecule has 1 aromatic heterocycles. The first-order chi connectivity index (χ1) is 8.90. The van der Waals surface area contributed by atoms with E-state index in [4.69, 9.17) is 5.73 Å². The first-order valence-electron chi connectivity index (χ1n) is 5.26. The molecule has 0 radical (unpaired) electrons. The number of nitrogens with two attached hydrogens (primary N) is 1. The van der Waals surface area contributed by atoms with Crippen LogP contribution >= 0.6 is 0 Å². The van der Waals surface area contributed by atoms with Crippen LogP contribution in [0.15, 0.2) is 41.6 Å². The molecule has 0 spiro atoms. The second-order valence-electron chi connectivity index (χ2n) is 3.91. The van der Waals surface area contributed by atoms with E-state index in [9.17, 15) is 17.2 Å². The summed E-state index contributed by atoms with van der Waals surface area (Å²) >= 11 is 0. The van der Waals surface area contributed by atoms with Crippen LogP contribution in [0.1, 0.15) is 5.56 Å². The van der Waals surface area contributed by atoms with Gasteiger partial charge in [-0.3, -0.25) is 4.98 Å². The van der Waals surface area contributed by atoms with E-state index in [1.807, 2.05) is 0 Å². The number of hydrogen-bond acceptors (Lipinski definition) is 4. The molecule has 7 heteroatoms. The maximum Gasteiger partial charge on any atom is 0.184 e. The first kappa shape index (κ1) is 13.4. The van der Waals surface area contributed by atoms with E-state index < -0.39 is 27.2 Å². The summed E-state index contributed by atoms with van der Waals surface area (Å²) < 4.78 is 50.6. The van der Waals surface area contributed by atoms with Gasteiger partial charge in [0.05, 0.1) is 22.5 Å². The second-order valence-corrected chi connectivity index (χ2v) is 5.87. The van der Waals surface area contributed by atoms with Crippen molar-refractivity contribution in [2.45, 2.75) is 10.6 Å². The predicted octanol–water partition coefficient (Wildman–Crippen LogP) is 1.92. The molecule has 0 fully saturated rings. The number of anilines is 1. The van der Waals surface area contributed by atoms with Gasteiger partial charge in [0.25, 0.3) is 0 Å². The molecule has 0 bridgehead atoms. The molecule has 0 aliphatic rings. The SMILES string of the molecule is Nc1cnccc1S(=O)(=O)Cc1cc(F)ccc1F. The van der Waals surface area contributed by atoms with Crippen LogP contribution in [0.25, 0.3) is 0 Å². The molecule has 1 heterocycles. The fraction of sp³-hybridized carbons (Fsp3) is 0.0833. The Morgan fingerprint density at radius 1 is 1.21 bits per heavy atom. The first-order valence-corrected chi connectivity index (χ1v) is 6.91. The molecule has 0 saturated heterocycles. The van der Waals surface area contributed by atoms with Crippen molar-refractivity contribution in [1.82, 2.24) is 4.98 Å². The lowest BCUT2D eigenvalue weighted by Crippen LogP contribution is -2.09. The van der Waals surface area contributed by atoms with E-state index in [2.05, 4.69) is 4.98 Å². The number of nitrogens with zero attached hydrogens (tertiary/aromatic N) is 1. The molecule has 2 rings (SSSR count). The fourth-order valence-electron chi connectivity index (χ4n) is 1.61. The molecule has 4 nitrogen and oxygen atoms in total. The van der Waals surface area contributed by atoms with Crippen molar-refractivity contribution < 1.29 is 17.2 Å². The van der Waals surface area contributed by atoms with Gasteiger partial charge >= 0.3 is 0 Å². The summed E-state index contributed by atoms with van der Waals surface area (Å²) in [6.45, 7) is 0. The molecule has 0 atom stereocenters. The van der Waals surface area contributed by atoms with E-state index in [0.717, 1.165) is 18.2 Å². The van der Waals surface area contributed by atoms with Crippen molar-refractivity contribution in [2.24, 2.45) is 0 Å². The Bertz CT molecular complexity index is 717. The molecule has 0 aliphatic heterocycles. The minimum atomic E-state index is -3.85. The van der Waals surface area contributed by atoms with Crippen LogP contribution in [-0.2, 0) is 15.6 Å². The van der Waals surface area contributed by atoms with Crippen molar-refractivity contribution in [1.29, 1.82) is 0 Å². The Balaban J connectivity index is 2.43. The molecular formula is C12H10F2N2O2S. The third kappa shape index (κ3) is 2.87. The average molecular weight is 284 g/mol. The van der Waals surface area contributed by atoms with Crippen LogP contribution < -0.4 is 5.73 Å². The molecule has 0 unspecified atom stereocenters. The van der Waals surface area contributed by atoms with E-state index >= 15 is 0 Å². The summed E-state index contributed by atoms with van der Waals surface area (Å²) in [5.74, 6) is -2.14. The van der Waals surface area contributed by atoms with Crippen molar-refractivity contribution in [2.75, 3.05) is 5.73 Å². The third-order valence-corrected chi connectivity index (χ3v) is 4.23. The second kappa shape index (κ2) is 4.93. The Labute approximate surface area is 108 Å². The summed E-state index contributed by atoms with van der Waals surface area (Å²) in [5, 5.41) is 0. The molecule has 0 amide bonds. The standard InChI is InChI=1S/C12H10F2N2O2S/c13-9-1-2-10(14)8(5-9)7-19(17,18)12-3-4-16-6-11(12)15/h1-6H,7,15H2. The zero-order valence-electron chi connectivity index (χ0n) is 9.68. The number of pyridine rings is 1. The van der Waals surface area contributed by atoms with Crippen LogP contribution in [0.5, 0.6) is 0 Å². The van der Waals surface area contributed by atoms with E-state index in [1.165, 1.54) is 18.5 Å². The maximum atomic E-state index is 13.4. The Hall–Kier alpha value is -2.02. The highest BCUT2D eigenvalue weighted by Crippen LogP contribution is 2.22. The fourth-order valence-corrected chi connectivity index (χ4v) is 3.08. The highest BCUT2D eigenvalue weighted by atomic mass is 32.2. The van der Waals surface area contributed by atoms with Gasteiger partial charge in [0.1, 0.15) is 11.6 Å². The summed E-state index contributed by atoms with van der Waals surface area (Å²) in [5.41, 5.74) is 5.25. The molecule has 0 saturated carbocycles. The molecule has 100 valence electrons. The number of hydrogen-bond donors (Lipinski definition) is 1. The lowest BCUT2D eigenvalue weighted by molar-refractivity contribution is 0.579. The Morgan fingerprint density at radius 2 is 1.95 bits per heavy atom. The van der Waals surface area contributed by atoms with Gasteiger partial charge in [-0.25, -0.2) is 17.2 Å². The largest absolute Gasteiger partial charge is 0.396 e. The molecular weight excluding hydrogens is 274 g/mol. The number of aromatic nitrogens is 1. The highest BCUT2D eigenvalue weighted by Gasteiger charge is 2.20. The van der Waals surface area contributed by atoms with Crippen LogP contribution in [0.3, 0.4) is 0 Å². The van der Waals surface area contributed by atoms with Gasteiger partial charge in [-0.15, -0.1) is 0 Å². The number of benzene rings is 1. The highest BCUT2D eigenvalue weighted by molar-refractivity contribution is 7.90. The predicted molar refractivity (Wildman–Crippen MR) is 65.9 cm³/mol. The van der Waals surface area contributed by atoms with Crippen molar-refractivity contribution >= 4 is 15.5 Å². The van der Waals surface area contributed by atoms with Gasteiger partial charge in [-0.05, 0) is 24.3 Å². The van der Waals surface area contributed by atoms with Gasteiger partial charge in [0.2, 0.25) is 0 Å². The number of nitrogen functional groups attached to an aromatic ring is 1. The smallest absolute Gasteiger partial charge is 0.184 e. The van der Waals surface area contributed by atoms with Gasteiger partial charge in [-0.2, -0.15) is 0 Å². The normalized spacial score (nSPS) is 11.5. The maximum absolute atomic E-state index is 13.4. The minimum Gasteiger partial charge on any atom is -0.396 e. The van der Waals surface area contributed by atoms with Gasteiger partial charge in [0, 0.05) is 11.8 Å². The summed E-state index contributed by atoms with van der Waals surface area (Å²) in [7, 11) is -3.85. The topological polar surface area (TPSA) is 73.0 Å². The Morgan fingerprint density at radius 3 is 2.63 bits per heavy atom. The van der Waals surface area contributed by atoms with E-state index in [0.29, 0.717) is 0 Å². The number of halogens is 2. The third-order valence-electron chi connectivity index (χ3n) is 2.50. The summed E-state index contributed by atoms with van der Waals surface area (Å²) in [4.78, 5) is 3.53. The quantitative estimate of drug-likeness (QED) is 0.934. The lowest BCUT2D eigenvalue weighted by Gasteiger charge is -2.07. The van der Waals surface area contributed by atoms with Crippen LogP contribution in [0, 0.1) is 11.6 Å². The summed E-state index contributed by atoms with van der Waals surface area (Å²) in [6, 6.07) is 3.88. The average Bonchev–Trinajstić information content (AvgIpc) is 2.34. The molecule has 1 aromatic carbocycles. The number of rotatable bonds is 3. The monoisotopic (exact) mass is 284 g/mol. The summed E-state index contributed by atoms with van der Waals surface area (Å²) in [6.07, 6.45) is 2.46. The zero-order valence-corrected chi connectivity index (χ0v) is 10.5. The van der Waals surface area contributed by atoms with Gasteiger partial charge < -0.3 is 5.73 Å². The lowest BCUT2D eigenvalue weighted by atomic mass is 10.2. The number of sulfone groups is 1. The van der Waals surface area contributed by atoms with Crippen LogP contribution in [0.4, 0.5) is 14.5 Å². The van der Waals surface area contributed by atoms with Crippen LogP contribution in [-0.4, -0.2) is 13.4 Å². The molecule has 19 heavy (non-hydrogen) atoms. The Kier molecular flexibility index (Phi) is 3.48. The van der Waals surface area contributed by atoms with Gasteiger partial charge in [-0.1, -0.05) is 0 Å². The van der Waals surface area contributed by atoms with Crippen molar-refractivity contribution in [3.63, 3.8) is 0 Å². The molecule has 2 N–H and O–H groups in total. The van der Waals surface area contributed by atoms with Gasteiger partial charge in [0.15, 0.2) is 9.84 Å². The minimum absolute atomic E-state index is 0.0284. The molecule has 2 aromatic rings. The van der Waals surface area contributed by atoms with Crippen molar-refractivity contribution in [3.05, 3.63) is 53.9 Å². The molecule has 0 aliphatic carbocycles. The van der Waals surface area contributed by atoms with E-state index in [-0.39, 0.29) is 16.1 Å². The van der Waals surface area contributed by atoms with Crippen molar-refractivity contribution in [3.8, 4) is 0 Å². The van der Waals surface area contributed by atoms with Crippen LogP contribution in [0.2, 0.25) is 0 Å². The van der Waals surface area contributed by atoms with E-state index in [1.54, 1.807) is 0 Å². The zero-order chi connectivity index (χ0) is 14.0.